The predicted octanol–water partition coefficient (Wildman–Crippen LogP) is 5.16. The lowest BCUT2D eigenvalue weighted by molar-refractivity contribution is -0.138. The van der Waals surface area contributed by atoms with Gasteiger partial charge >= 0.3 is 11.4 Å². The molecule has 17 heteroatoms. The Balaban J connectivity index is 1.19. The van der Waals surface area contributed by atoms with Crippen LogP contribution in [0.4, 0.5) is 10.1 Å². The number of benzene rings is 4. The number of imide groups is 1. The van der Waals surface area contributed by atoms with Crippen LogP contribution in [0.5, 0.6) is 17.2 Å². The van der Waals surface area contributed by atoms with E-state index in [0.29, 0.717) is 49.8 Å². The molecule has 4 atom stereocenters. The van der Waals surface area contributed by atoms with Gasteiger partial charge in [0.15, 0.2) is 11.5 Å². The van der Waals surface area contributed by atoms with Crippen LogP contribution in [-0.4, -0.2) is 59.6 Å². The van der Waals surface area contributed by atoms with Crippen molar-refractivity contribution < 1.29 is 28.6 Å². The van der Waals surface area contributed by atoms with Crippen LogP contribution in [0.3, 0.4) is 0 Å². The van der Waals surface area contributed by atoms with Crippen molar-refractivity contribution in [1.29, 1.82) is 0 Å². The average molecular weight is 874 g/mol. The standard InChI is InChI=1S/C46H41ClFN7O8/c1-5-7-25-8-6-9-31(40(25)56)39-30-18-21-53-44(60)52(20-19-33-42(58)51(2)36-24-38(63-4)37(62-3)23-34(36)49-33)45(61)55(53)35(30)22-32-41(57)54(50-29-16-14-28(48)15-17-29)43(59)46(32,39)26-10-12-27(47)13-11-26/h5-6,8-18,23-24,32,35,39,50,56H,1,7,19-22H2,2-4H3/t32-,35+,39+,46+/m0/s1. The minimum absolute atomic E-state index is 0.0764. The molecule has 2 fully saturated rings. The van der Waals surface area contributed by atoms with Gasteiger partial charge in [0.2, 0.25) is 0 Å². The maximum atomic E-state index is 15.4. The first-order valence-corrected chi connectivity index (χ1v) is 20.5. The monoisotopic (exact) mass is 873 g/mol. The molecule has 15 nitrogen and oxygen atoms in total. The van der Waals surface area contributed by atoms with Crippen molar-refractivity contribution in [2.45, 2.75) is 49.7 Å². The molecule has 0 unspecified atom stereocenters. The van der Waals surface area contributed by atoms with Crippen LogP contribution in [0.1, 0.15) is 40.8 Å². The number of aromatic nitrogens is 5. The number of phenols is 1. The highest BCUT2D eigenvalue weighted by atomic mass is 35.5. The number of anilines is 1. The summed E-state index contributed by atoms with van der Waals surface area (Å²) < 4.78 is 29.9. The fourth-order valence-electron chi connectivity index (χ4n) is 9.75. The van der Waals surface area contributed by atoms with Crippen molar-refractivity contribution in [1.82, 2.24) is 28.5 Å². The van der Waals surface area contributed by atoms with E-state index in [0.717, 1.165) is 9.58 Å². The molecule has 1 aliphatic carbocycles. The van der Waals surface area contributed by atoms with E-state index in [2.05, 4.69) is 17.0 Å². The molecule has 2 amide bonds. The highest BCUT2D eigenvalue weighted by Gasteiger charge is 2.69. The molecule has 9 rings (SSSR count). The third kappa shape index (κ3) is 6.29. The minimum atomic E-state index is -1.72. The molecule has 0 spiro atoms. The van der Waals surface area contributed by atoms with Gasteiger partial charge in [-0.3, -0.25) is 19.8 Å². The Kier molecular flexibility index (Phi) is 10.2. The van der Waals surface area contributed by atoms with Gasteiger partial charge in [-0.15, -0.1) is 6.58 Å². The molecular weight excluding hydrogens is 833 g/mol. The third-order valence-corrected chi connectivity index (χ3v) is 12.9. The Bertz CT molecular complexity index is 3100. The summed E-state index contributed by atoms with van der Waals surface area (Å²) in [5, 5.41) is 13.4. The second-order valence-corrected chi connectivity index (χ2v) is 16.2. The first-order valence-electron chi connectivity index (χ1n) is 20.2. The van der Waals surface area contributed by atoms with Gasteiger partial charge in [-0.2, -0.15) is 5.01 Å². The third-order valence-electron chi connectivity index (χ3n) is 12.6. The van der Waals surface area contributed by atoms with E-state index in [1.807, 2.05) is 0 Å². The van der Waals surface area contributed by atoms with Crippen molar-refractivity contribution in [3.63, 3.8) is 0 Å². The summed E-state index contributed by atoms with van der Waals surface area (Å²) in [6.07, 6.45) is 3.52. The van der Waals surface area contributed by atoms with Crippen molar-refractivity contribution in [3.8, 4) is 17.2 Å². The number of ether oxygens (including phenoxy) is 2. The quantitative estimate of drug-likeness (QED) is 0.131. The molecule has 4 heterocycles. The molecule has 4 aromatic carbocycles. The Hall–Kier alpha value is -7.20. The van der Waals surface area contributed by atoms with Gasteiger partial charge in [0, 0.05) is 48.6 Å². The molecule has 63 heavy (non-hydrogen) atoms. The molecule has 322 valence electrons. The van der Waals surface area contributed by atoms with E-state index < -0.39 is 57.9 Å². The fourth-order valence-corrected chi connectivity index (χ4v) is 9.88. The maximum Gasteiger partial charge on any atom is 0.347 e. The topological polar surface area (TPSA) is 172 Å². The Morgan fingerprint density at radius 1 is 0.984 bits per heavy atom. The lowest BCUT2D eigenvalue weighted by Gasteiger charge is -2.49. The van der Waals surface area contributed by atoms with Gasteiger partial charge in [-0.25, -0.2) is 32.9 Å². The lowest BCUT2D eigenvalue weighted by Crippen LogP contribution is -2.53. The number of hydrazine groups is 1. The number of para-hydroxylation sites is 1. The summed E-state index contributed by atoms with van der Waals surface area (Å²) in [6.45, 7) is 3.55. The number of halogens is 2. The van der Waals surface area contributed by atoms with E-state index in [4.69, 9.17) is 21.1 Å². The highest BCUT2D eigenvalue weighted by molar-refractivity contribution is 6.30. The smallest absolute Gasteiger partial charge is 0.347 e. The van der Waals surface area contributed by atoms with E-state index in [9.17, 15) is 28.7 Å². The van der Waals surface area contributed by atoms with Crippen molar-refractivity contribution in [3.05, 3.63) is 168 Å². The number of allylic oxidation sites excluding steroid dienone is 3. The second kappa shape index (κ2) is 15.6. The Labute approximate surface area is 363 Å². The van der Waals surface area contributed by atoms with Crippen molar-refractivity contribution in [2.24, 2.45) is 13.0 Å². The summed E-state index contributed by atoms with van der Waals surface area (Å²) in [5.41, 5.74) is 2.55. The fraction of sp³-hybridized carbons (Fsp3) is 0.261. The van der Waals surface area contributed by atoms with Gasteiger partial charge in [0.25, 0.3) is 17.4 Å². The predicted molar refractivity (Wildman–Crippen MR) is 232 cm³/mol. The number of nitrogens with zero attached hydrogens (tertiary/aromatic N) is 6. The number of carbonyl (C=O) groups is 2. The Morgan fingerprint density at radius 3 is 2.40 bits per heavy atom. The van der Waals surface area contributed by atoms with Crippen LogP contribution in [0.2, 0.25) is 5.02 Å². The summed E-state index contributed by atoms with van der Waals surface area (Å²) in [6, 6.07) is 19.3. The number of rotatable bonds is 11. The van der Waals surface area contributed by atoms with E-state index in [1.165, 1.54) is 52.4 Å². The molecule has 2 aromatic heterocycles. The number of hydrogen-bond donors (Lipinski definition) is 2. The van der Waals surface area contributed by atoms with Crippen LogP contribution in [0.15, 0.2) is 118 Å². The van der Waals surface area contributed by atoms with Crippen molar-refractivity contribution in [2.75, 3.05) is 19.6 Å². The number of carbonyl (C=O) groups excluding carboxylic acids is 2. The first kappa shape index (κ1) is 41.2. The Morgan fingerprint density at radius 2 is 1.70 bits per heavy atom. The summed E-state index contributed by atoms with van der Waals surface area (Å²) >= 11 is 6.40. The van der Waals surface area contributed by atoms with Gasteiger partial charge in [0.1, 0.15) is 17.3 Å². The van der Waals surface area contributed by atoms with E-state index in [1.54, 1.807) is 73.8 Å². The van der Waals surface area contributed by atoms with Crippen LogP contribution in [0.25, 0.3) is 11.0 Å². The molecule has 1 saturated heterocycles. The number of phenolic OH excluding ortho intramolecular Hbond substituents is 1. The SMILES string of the molecule is C=CCc1cccc([C@H]2C3=CCn4c(=O)n(CCc5nc6cc(OC)c(OC)cc6n(C)c5=O)c(=O)n4[C@@H]3C[C@H]3C(=O)N(Nc4ccc(F)cc4)C(=O)[C@@]23c2ccc(Cl)cc2)c1O. The van der Waals surface area contributed by atoms with E-state index in [-0.39, 0.29) is 49.5 Å². The molecule has 3 aliphatic rings. The molecule has 2 N–H and O–H groups in total. The number of nitrogens with one attached hydrogen (secondary N) is 1. The van der Waals surface area contributed by atoms with Gasteiger partial charge in [-0.1, -0.05) is 54.1 Å². The number of amides is 2. The minimum Gasteiger partial charge on any atom is -0.507 e. The largest absolute Gasteiger partial charge is 0.507 e. The molecule has 0 bridgehead atoms. The number of methoxy groups -OCH3 is 2. The first-order chi connectivity index (χ1) is 30.3. The maximum absolute atomic E-state index is 15.4. The van der Waals surface area contributed by atoms with E-state index >= 15 is 4.79 Å². The zero-order chi connectivity index (χ0) is 44.5. The van der Waals surface area contributed by atoms with Crippen LogP contribution < -0.4 is 31.8 Å². The molecule has 1 saturated carbocycles. The van der Waals surface area contributed by atoms with Crippen LogP contribution in [0, 0.1) is 11.7 Å². The van der Waals surface area contributed by atoms with Gasteiger partial charge in [0.05, 0.1) is 54.9 Å². The zero-order valence-corrected chi connectivity index (χ0v) is 35.1. The van der Waals surface area contributed by atoms with Crippen LogP contribution in [-0.2, 0) is 48.0 Å². The molecule has 0 radical (unpaired) electrons. The molecule has 6 aromatic rings. The second-order valence-electron chi connectivity index (χ2n) is 15.8. The number of aromatic hydroxyl groups is 1. The number of hydrogen-bond acceptors (Lipinski definition) is 10. The number of fused-ring (bicyclic) bond motifs is 5. The zero-order valence-electron chi connectivity index (χ0n) is 34.4. The normalized spacial score (nSPS) is 20.2. The van der Waals surface area contributed by atoms with Crippen LogP contribution >= 0.6 is 11.6 Å². The van der Waals surface area contributed by atoms with Gasteiger partial charge < -0.3 is 19.1 Å². The van der Waals surface area contributed by atoms with Gasteiger partial charge in [-0.05, 0) is 65.9 Å². The average Bonchev–Trinajstić information content (AvgIpc) is 3.65. The lowest BCUT2D eigenvalue weighted by atomic mass is 9.53. The summed E-state index contributed by atoms with van der Waals surface area (Å²) in [7, 11) is 4.56. The molecule has 2 aliphatic heterocycles. The highest BCUT2D eigenvalue weighted by Crippen LogP contribution is 2.63. The summed E-state index contributed by atoms with van der Waals surface area (Å²) in [4.78, 5) is 77.5. The molecular formula is C46H41ClFN7O8. The number of aryl methyl sites for hydroxylation is 2. The summed E-state index contributed by atoms with van der Waals surface area (Å²) in [5.74, 6) is -3.33. The van der Waals surface area contributed by atoms with Crippen molar-refractivity contribution >= 4 is 40.1 Å².